The molecule has 4 rings (SSSR count). The number of halogens is 1. The molecule has 1 N–H and O–H groups in total. The van der Waals surface area contributed by atoms with Crippen molar-refractivity contribution in [1.82, 2.24) is 30.4 Å². The summed E-state index contributed by atoms with van der Waals surface area (Å²) < 4.78 is 19.2. The third-order valence-corrected chi connectivity index (χ3v) is 5.91. The van der Waals surface area contributed by atoms with Crippen LogP contribution in [0.1, 0.15) is 63.8 Å². The predicted molar refractivity (Wildman–Crippen MR) is 126 cm³/mol. The Morgan fingerprint density at radius 3 is 2.46 bits per heavy atom. The largest absolute Gasteiger partial charge is 0.458 e. The highest BCUT2D eigenvalue weighted by atomic mass is 19.1. The highest BCUT2D eigenvalue weighted by Crippen LogP contribution is 2.32. The van der Waals surface area contributed by atoms with E-state index in [-0.39, 0.29) is 30.2 Å². The van der Waals surface area contributed by atoms with Crippen LogP contribution >= 0.6 is 0 Å². The third kappa shape index (κ3) is 5.93. The van der Waals surface area contributed by atoms with Crippen LogP contribution in [-0.4, -0.2) is 48.5 Å². The maximum atomic E-state index is 13.7. The first-order chi connectivity index (χ1) is 16.6. The minimum Gasteiger partial charge on any atom is -0.458 e. The number of benzene rings is 1. The van der Waals surface area contributed by atoms with Crippen molar-refractivity contribution in [2.45, 2.75) is 77.5 Å². The van der Waals surface area contributed by atoms with E-state index < -0.39 is 17.4 Å². The van der Waals surface area contributed by atoms with Gasteiger partial charge in [0.1, 0.15) is 24.2 Å². The average Bonchev–Trinajstić information content (AvgIpc) is 3.53. The fourth-order valence-electron chi connectivity index (χ4n) is 4.43. The van der Waals surface area contributed by atoms with Crippen LogP contribution < -0.4 is 5.32 Å². The summed E-state index contributed by atoms with van der Waals surface area (Å²) >= 11 is 0. The van der Waals surface area contributed by atoms with Gasteiger partial charge in [-0.3, -0.25) is 9.59 Å². The first-order valence-corrected chi connectivity index (χ1v) is 11.8. The van der Waals surface area contributed by atoms with Crippen LogP contribution in [0.2, 0.25) is 0 Å². The molecule has 2 amide bonds. The average molecular weight is 483 g/mol. The second kappa shape index (κ2) is 9.97. The van der Waals surface area contributed by atoms with Gasteiger partial charge in [0.25, 0.3) is 0 Å². The Labute approximate surface area is 203 Å². The van der Waals surface area contributed by atoms with Crippen LogP contribution in [0.3, 0.4) is 0 Å². The summed E-state index contributed by atoms with van der Waals surface area (Å²) in [4.78, 5) is 30.1. The lowest BCUT2D eigenvalue weighted by molar-refractivity contribution is -0.145. The number of aryl methyl sites for hydroxylation is 1. The van der Waals surface area contributed by atoms with Gasteiger partial charge in [0, 0.05) is 11.6 Å². The van der Waals surface area contributed by atoms with Crippen molar-refractivity contribution >= 4 is 11.8 Å². The van der Waals surface area contributed by atoms with Gasteiger partial charge in [0.2, 0.25) is 17.6 Å². The molecule has 3 aromatic rings. The lowest BCUT2D eigenvalue weighted by Crippen LogP contribution is -2.52. The number of hydrogen-bond donors (Lipinski definition) is 1. The molecule has 0 spiro atoms. The lowest BCUT2D eigenvalue weighted by atomic mass is 9.99. The molecule has 35 heavy (non-hydrogen) atoms. The van der Waals surface area contributed by atoms with Gasteiger partial charge in [-0.15, -0.1) is 10.2 Å². The summed E-state index contributed by atoms with van der Waals surface area (Å²) in [6, 6.07) is 8.22. The van der Waals surface area contributed by atoms with Gasteiger partial charge < -0.3 is 14.6 Å². The van der Waals surface area contributed by atoms with E-state index in [0.717, 1.165) is 25.7 Å². The molecule has 0 bridgehead atoms. The Hall–Kier alpha value is -3.56. The number of carbonyl (C=O) groups is 2. The van der Waals surface area contributed by atoms with E-state index in [1.165, 1.54) is 16.9 Å². The van der Waals surface area contributed by atoms with Gasteiger partial charge in [-0.25, -0.2) is 4.39 Å². The van der Waals surface area contributed by atoms with Gasteiger partial charge in [-0.1, -0.05) is 25.0 Å². The SMILES string of the molecule is Cc1ccc(-c2nnn(CC(=O)N(C3CCCC3)[C@H](C(=O)NC(C)(C)C)c3ccc(F)cc3)n2)o1. The minimum absolute atomic E-state index is 0.126. The zero-order valence-electron chi connectivity index (χ0n) is 20.5. The molecule has 0 radical (unpaired) electrons. The van der Waals surface area contributed by atoms with Crippen molar-refractivity contribution in [1.29, 1.82) is 0 Å². The fourth-order valence-corrected chi connectivity index (χ4v) is 4.43. The molecule has 1 fully saturated rings. The maximum absolute atomic E-state index is 13.7. The normalized spacial score (nSPS) is 15.2. The Bertz CT molecular complexity index is 1170. The van der Waals surface area contributed by atoms with E-state index in [0.29, 0.717) is 17.1 Å². The second-order valence-electron chi connectivity index (χ2n) is 9.99. The summed E-state index contributed by atoms with van der Waals surface area (Å²) in [7, 11) is 0. The van der Waals surface area contributed by atoms with Crippen LogP contribution in [-0.2, 0) is 16.1 Å². The number of carbonyl (C=O) groups excluding carboxylic acids is 2. The molecule has 1 aliphatic rings. The van der Waals surface area contributed by atoms with E-state index in [2.05, 4.69) is 20.7 Å². The summed E-state index contributed by atoms with van der Waals surface area (Å²) in [6.45, 7) is 7.27. The van der Waals surface area contributed by atoms with Gasteiger partial charge in [0.15, 0.2) is 5.76 Å². The molecule has 1 saturated carbocycles. The number of nitrogens with zero attached hydrogens (tertiary/aromatic N) is 5. The molecule has 9 nitrogen and oxygen atoms in total. The number of amides is 2. The fraction of sp³-hybridized carbons (Fsp3) is 0.480. The Morgan fingerprint density at radius 2 is 1.86 bits per heavy atom. The number of aromatic nitrogens is 4. The number of nitrogens with one attached hydrogen (secondary N) is 1. The van der Waals surface area contributed by atoms with Crippen LogP contribution in [0.4, 0.5) is 4.39 Å². The molecule has 2 aromatic heterocycles. The van der Waals surface area contributed by atoms with Gasteiger partial charge in [-0.05, 0) is 75.6 Å². The van der Waals surface area contributed by atoms with Gasteiger partial charge in [0.05, 0.1) is 0 Å². The molecule has 0 unspecified atom stereocenters. The number of hydrogen-bond acceptors (Lipinski definition) is 6. The highest BCUT2D eigenvalue weighted by Gasteiger charge is 2.38. The molecule has 2 heterocycles. The monoisotopic (exact) mass is 482 g/mol. The van der Waals surface area contributed by atoms with Crippen LogP contribution in [0, 0.1) is 12.7 Å². The zero-order chi connectivity index (χ0) is 25.2. The van der Waals surface area contributed by atoms with Gasteiger partial charge >= 0.3 is 0 Å². The summed E-state index contributed by atoms with van der Waals surface area (Å²) in [5, 5.41) is 15.3. The molecule has 1 aliphatic carbocycles. The standard InChI is InChI=1S/C25H31FN6O3/c1-16-9-14-20(35-16)23-28-30-31(29-23)15-21(33)32(19-7-5-6-8-19)22(24(34)27-25(2,3)4)17-10-12-18(26)13-11-17/h9-14,19,22H,5-8,15H2,1-4H3,(H,27,34)/t22-/m0/s1. The molecular weight excluding hydrogens is 451 g/mol. The molecule has 1 atom stereocenters. The third-order valence-electron chi connectivity index (χ3n) is 5.91. The van der Waals surface area contributed by atoms with Crippen LogP contribution in [0.25, 0.3) is 11.6 Å². The van der Waals surface area contributed by atoms with E-state index >= 15 is 0 Å². The summed E-state index contributed by atoms with van der Waals surface area (Å²) in [6.07, 6.45) is 3.51. The first-order valence-electron chi connectivity index (χ1n) is 11.8. The summed E-state index contributed by atoms with van der Waals surface area (Å²) in [5.41, 5.74) is 0.0372. The number of furan rings is 1. The number of rotatable bonds is 7. The molecular formula is C25H31FN6O3. The molecule has 186 valence electrons. The topological polar surface area (TPSA) is 106 Å². The molecule has 0 aliphatic heterocycles. The van der Waals surface area contributed by atoms with Crippen molar-refractivity contribution in [3.8, 4) is 11.6 Å². The Kier molecular flexibility index (Phi) is 7.00. The number of tetrazole rings is 1. The van der Waals surface area contributed by atoms with Gasteiger partial charge in [-0.2, -0.15) is 4.80 Å². The second-order valence-corrected chi connectivity index (χ2v) is 9.99. The van der Waals surface area contributed by atoms with Crippen molar-refractivity contribution in [3.05, 3.63) is 53.5 Å². The van der Waals surface area contributed by atoms with Crippen LogP contribution in [0.15, 0.2) is 40.8 Å². The lowest BCUT2D eigenvalue weighted by Gasteiger charge is -2.37. The van der Waals surface area contributed by atoms with Crippen molar-refractivity contribution in [3.63, 3.8) is 0 Å². The first kappa shape index (κ1) is 24.6. The predicted octanol–water partition coefficient (Wildman–Crippen LogP) is 3.81. The van der Waals surface area contributed by atoms with Crippen molar-refractivity contribution < 1.29 is 18.4 Å². The van der Waals surface area contributed by atoms with E-state index in [9.17, 15) is 14.0 Å². The smallest absolute Gasteiger partial charge is 0.247 e. The van der Waals surface area contributed by atoms with E-state index in [1.54, 1.807) is 29.2 Å². The molecule has 0 saturated heterocycles. The van der Waals surface area contributed by atoms with Crippen LogP contribution in [0.5, 0.6) is 0 Å². The zero-order valence-corrected chi connectivity index (χ0v) is 20.5. The Balaban J connectivity index is 1.66. The highest BCUT2D eigenvalue weighted by molar-refractivity contribution is 5.89. The Morgan fingerprint density at radius 1 is 1.17 bits per heavy atom. The summed E-state index contributed by atoms with van der Waals surface area (Å²) in [5.74, 6) is 0.417. The van der Waals surface area contributed by atoms with E-state index in [1.807, 2.05) is 27.7 Å². The minimum atomic E-state index is -0.916. The maximum Gasteiger partial charge on any atom is 0.247 e. The molecule has 1 aromatic carbocycles. The molecule has 10 heteroatoms. The van der Waals surface area contributed by atoms with E-state index in [4.69, 9.17) is 4.42 Å². The van der Waals surface area contributed by atoms with Crippen molar-refractivity contribution in [2.75, 3.05) is 0 Å². The quantitative estimate of drug-likeness (QED) is 0.549. The van der Waals surface area contributed by atoms with Crippen molar-refractivity contribution in [2.24, 2.45) is 0 Å².